The summed E-state index contributed by atoms with van der Waals surface area (Å²) in [6.07, 6.45) is 0. The van der Waals surface area contributed by atoms with Gasteiger partial charge in [-0.25, -0.2) is 0 Å². The average molecular weight is 258 g/mol. The van der Waals surface area contributed by atoms with Crippen molar-refractivity contribution < 1.29 is 26.6 Å². The Morgan fingerprint density at radius 2 is 0.933 bits per heavy atom. The zero-order chi connectivity index (χ0) is 12.3. The van der Waals surface area contributed by atoms with Gasteiger partial charge in [-0.2, -0.15) is 0 Å². The van der Waals surface area contributed by atoms with Gasteiger partial charge in [-0.1, -0.05) is 0 Å². The highest BCUT2D eigenvalue weighted by Crippen LogP contribution is 2.02. The van der Waals surface area contributed by atoms with Crippen LogP contribution in [0.2, 0.25) is 6.55 Å². The van der Waals surface area contributed by atoms with Crippen molar-refractivity contribution in [1.82, 2.24) is 0 Å². The first-order chi connectivity index (χ1) is 7.03. The van der Waals surface area contributed by atoms with Crippen LogP contribution in [0, 0.1) is 0 Å². The first kappa shape index (κ1) is 17.6. The van der Waals surface area contributed by atoms with E-state index in [4.69, 9.17) is 26.6 Å². The molecule has 0 atom stereocenters. The molecule has 0 amide bonds. The molecular formula is C7H22O6Si2. The van der Waals surface area contributed by atoms with E-state index < -0.39 is 18.3 Å². The van der Waals surface area contributed by atoms with Gasteiger partial charge in [0, 0.05) is 49.2 Å². The maximum atomic E-state index is 4.93. The molecule has 0 radical (unpaired) electrons. The third-order valence-electron chi connectivity index (χ3n) is 1.69. The largest absolute Gasteiger partial charge is 0.496 e. The highest BCUT2D eigenvalue weighted by atomic mass is 28.4. The van der Waals surface area contributed by atoms with Crippen LogP contribution >= 0.6 is 0 Å². The Bertz CT molecular complexity index is 115. The predicted octanol–water partition coefficient (Wildman–Crippen LogP) is 0.137. The lowest BCUT2D eigenvalue weighted by Gasteiger charge is -2.18. The molecule has 0 spiro atoms. The molecule has 0 aliphatic carbocycles. The maximum absolute atomic E-state index is 4.93. The molecular weight excluding hydrogens is 236 g/mol. The van der Waals surface area contributed by atoms with Crippen LogP contribution in [-0.4, -0.2) is 61.0 Å². The van der Waals surface area contributed by atoms with Crippen molar-refractivity contribution in [3.8, 4) is 0 Å². The normalized spacial score (nSPS) is 11.2. The first-order valence-corrected chi connectivity index (χ1v) is 7.91. The van der Waals surface area contributed by atoms with E-state index >= 15 is 0 Å². The minimum Gasteiger partial charge on any atom is -0.379 e. The van der Waals surface area contributed by atoms with Crippen LogP contribution in [0.1, 0.15) is 0 Å². The third-order valence-corrected chi connectivity index (χ3v) is 5.07. The quantitative estimate of drug-likeness (QED) is 0.632. The van der Waals surface area contributed by atoms with Crippen LogP contribution in [0.4, 0.5) is 0 Å². The summed E-state index contributed by atoms with van der Waals surface area (Å²) < 4.78 is 29.0. The zero-order valence-electron chi connectivity index (χ0n) is 10.5. The smallest absolute Gasteiger partial charge is 0.379 e. The van der Waals surface area contributed by atoms with E-state index in [0.717, 1.165) is 0 Å². The molecule has 94 valence electrons. The number of hydrogen-bond acceptors (Lipinski definition) is 6. The van der Waals surface area contributed by atoms with Gasteiger partial charge in [-0.15, -0.1) is 0 Å². The minimum absolute atomic E-state index is 1.57. The van der Waals surface area contributed by atoms with E-state index in [0.29, 0.717) is 0 Å². The van der Waals surface area contributed by atoms with Crippen molar-refractivity contribution in [3.63, 3.8) is 0 Å². The lowest BCUT2D eigenvalue weighted by atomic mass is 11.8. The molecule has 0 rings (SSSR count). The van der Waals surface area contributed by atoms with Gasteiger partial charge < -0.3 is 26.6 Å². The van der Waals surface area contributed by atoms with Crippen LogP contribution < -0.4 is 0 Å². The molecule has 0 aromatic rings. The van der Waals surface area contributed by atoms with Gasteiger partial charge in [-0.3, -0.25) is 0 Å². The number of hydrogen-bond donors (Lipinski definition) is 0. The Labute approximate surface area is 94.7 Å². The summed E-state index contributed by atoms with van der Waals surface area (Å²) in [5, 5.41) is 0. The molecule has 0 fully saturated rings. The third kappa shape index (κ3) is 9.14. The number of rotatable bonds is 6. The van der Waals surface area contributed by atoms with Crippen LogP contribution in [0.15, 0.2) is 0 Å². The summed E-state index contributed by atoms with van der Waals surface area (Å²) in [7, 11) is 5.62. The summed E-state index contributed by atoms with van der Waals surface area (Å²) >= 11 is 0. The van der Waals surface area contributed by atoms with Crippen LogP contribution in [0.5, 0.6) is 0 Å². The molecule has 0 aliphatic rings. The van der Waals surface area contributed by atoms with Gasteiger partial charge in [0.15, 0.2) is 0 Å². The molecule has 0 saturated carbocycles. The second-order valence-electron chi connectivity index (χ2n) is 2.47. The monoisotopic (exact) mass is 258 g/mol. The van der Waals surface area contributed by atoms with Crippen molar-refractivity contribution in [2.24, 2.45) is 0 Å². The zero-order valence-corrected chi connectivity index (χ0v) is 12.7. The summed E-state index contributed by atoms with van der Waals surface area (Å²) in [5.41, 5.74) is 0. The summed E-state index contributed by atoms with van der Waals surface area (Å²) in [4.78, 5) is 0. The maximum Gasteiger partial charge on any atom is 0.496 e. The lowest BCUT2D eigenvalue weighted by molar-refractivity contribution is 0.132. The molecule has 0 aromatic heterocycles. The van der Waals surface area contributed by atoms with Gasteiger partial charge in [0.1, 0.15) is 0 Å². The van der Waals surface area contributed by atoms with Crippen molar-refractivity contribution in [3.05, 3.63) is 0 Å². The Hall–Kier alpha value is 0.194. The van der Waals surface area contributed by atoms with Gasteiger partial charge in [-0.05, 0) is 0 Å². The first-order valence-electron chi connectivity index (χ1n) is 4.27. The van der Waals surface area contributed by atoms with Crippen LogP contribution in [0.25, 0.3) is 0 Å². The fourth-order valence-corrected chi connectivity index (χ4v) is 1.62. The molecule has 0 aliphatic heterocycles. The molecule has 0 heterocycles. The van der Waals surface area contributed by atoms with E-state index in [1.54, 1.807) is 42.7 Å². The second-order valence-corrected chi connectivity index (χ2v) is 7.41. The Morgan fingerprint density at radius 1 is 0.667 bits per heavy atom. The second kappa shape index (κ2) is 10.7. The summed E-state index contributed by atoms with van der Waals surface area (Å²) in [5.74, 6) is 0. The summed E-state index contributed by atoms with van der Waals surface area (Å²) in [6, 6.07) is 0. The average Bonchev–Trinajstić information content (AvgIpc) is 2.31. The molecule has 6 nitrogen and oxygen atoms in total. The van der Waals surface area contributed by atoms with Gasteiger partial charge in [0.2, 0.25) is 0 Å². The van der Waals surface area contributed by atoms with Gasteiger partial charge >= 0.3 is 18.3 Å². The lowest BCUT2D eigenvalue weighted by Crippen LogP contribution is -2.38. The van der Waals surface area contributed by atoms with Crippen LogP contribution in [-0.2, 0) is 26.6 Å². The highest BCUT2D eigenvalue weighted by molar-refractivity contribution is 6.58. The SMILES string of the molecule is CO[SiH](OC)OC.CO[Si](C)(OC)OC. The molecule has 15 heavy (non-hydrogen) atoms. The molecule has 0 N–H and O–H groups in total. The van der Waals surface area contributed by atoms with E-state index in [-0.39, 0.29) is 0 Å². The predicted molar refractivity (Wildman–Crippen MR) is 60.8 cm³/mol. The van der Waals surface area contributed by atoms with Crippen LogP contribution in [0.3, 0.4) is 0 Å². The van der Waals surface area contributed by atoms with Crippen molar-refractivity contribution in [1.29, 1.82) is 0 Å². The van der Waals surface area contributed by atoms with Gasteiger partial charge in [0.25, 0.3) is 0 Å². The summed E-state index contributed by atoms with van der Waals surface area (Å²) in [6.45, 7) is 1.83. The topological polar surface area (TPSA) is 55.4 Å². The molecule has 0 saturated heterocycles. The fraction of sp³-hybridized carbons (Fsp3) is 1.00. The van der Waals surface area contributed by atoms with Crippen molar-refractivity contribution in [2.45, 2.75) is 6.55 Å². The van der Waals surface area contributed by atoms with Crippen molar-refractivity contribution in [2.75, 3.05) is 42.7 Å². The van der Waals surface area contributed by atoms with Gasteiger partial charge in [0.05, 0.1) is 0 Å². The van der Waals surface area contributed by atoms with E-state index in [1.165, 1.54) is 0 Å². The Kier molecular flexibility index (Phi) is 12.5. The standard InChI is InChI=1S/C4H12O3Si.C3H10O3Si/c1-5-8(4,6-2)7-3;1-4-7(5-2)6-3/h1-4H3;7H,1-3H3. The Balaban J connectivity index is 0. The molecule has 8 heteroatoms. The van der Waals surface area contributed by atoms with E-state index in [2.05, 4.69) is 0 Å². The van der Waals surface area contributed by atoms with E-state index in [9.17, 15) is 0 Å². The minimum atomic E-state index is -2.17. The molecule has 0 bridgehead atoms. The van der Waals surface area contributed by atoms with Crippen molar-refractivity contribution >= 4 is 18.3 Å². The Morgan fingerprint density at radius 3 is 0.933 bits per heavy atom. The molecule has 0 unspecified atom stereocenters. The highest BCUT2D eigenvalue weighted by Gasteiger charge is 2.29. The molecule has 0 aromatic carbocycles. The van der Waals surface area contributed by atoms with E-state index in [1.807, 2.05) is 6.55 Å². The fourth-order valence-electron chi connectivity index (χ4n) is 0.539.